The molecule has 0 aliphatic carbocycles. The Kier molecular flexibility index (Phi) is 4.70. The zero-order valence-corrected chi connectivity index (χ0v) is 10.9. The molecular weight excluding hydrogens is 226 g/mol. The Hall–Kier alpha value is -1.42. The van der Waals surface area contributed by atoms with E-state index in [0.717, 1.165) is 38.0 Å². The smallest absolute Gasteiger partial charge is 0.223 e. The second kappa shape index (κ2) is 6.50. The summed E-state index contributed by atoms with van der Waals surface area (Å²) in [7, 11) is 1.94. The number of amides is 1. The molecule has 1 aromatic rings. The summed E-state index contributed by atoms with van der Waals surface area (Å²) in [4.78, 5) is 18.5. The predicted molar refractivity (Wildman–Crippen MR) is 71.2 cm³/mol. The van der Waals surface area contributed by atoms with Crippen LogP contribution in [0.5, 0.6) is 0 Å². The Balaban J connectivity index is 1.84. The van der Waals surface area contributed by atoms with E-state index >= 15 is 0 Å². The van der Waals surface area contributed by atoms with Crippen LogP contribution < -0.4 is 5.32 Å². The van der Waals surface area contributed by atoms with E-state index in [4.69, 9.17) is 0 Å². The maximum atomic E-state index is 12.2. The third kappa shape index (κ3) is 3.29. The van der Waals surface area contributed by atoms with Gasteiger partial charge in [0.25, 0.3) is 0 Å². The number of aryl methyl sites for hydroxylation is 1. The summed E-state index contributed by atoms with van der Waals surface area (Å²) in [6, 6.07) is 6.22. The van der Waals surface area contributed by atoms with Crippen LogP contribution in [0.15, 0.2) is 24.4 Å². The molecule has 0 radical (unpaired) electrons. The lowest BCUT2D eigenvalue weighted by atomic mass is 10.2. The minimum Gasteiger partial charge on any atom is -0.338 e. The molecule has 1 fully saturated rings. The van der Waals surface area contributed by atoms with Crippen LogP contribution in [0.1, 0.15) is 25.0 Å². The van der Waals surface area contributed by atoms with Crippen LogP contribution in [-0.4, -0.2) is 42.0 Å². The van der Waals surface area contributed by atoms with Gasteiger partial charge < -0.3 is 10.2 Å². The van der Waals surface area contributed by atoms with Crippen LogP contribution in [0, 0.1) is 0 Å². The maximum absolute atomic E-state index is 12.2. The second-order valence-corrected chi connectivity index (χ2v) is 4.76. The van der Waals surface area contributed by atoms with Crippen molar-refractivity contribution in [1.29, 1.82) is 0 Å². The third-order valence-corrected chi connectivity index (χ3v) is 3.46. The molecule has 1 aromatic heterocycles. The van der Waals surface area contributed by atoms with Crippen molar-refractivity contribution in [3.05, 3.63) is 30.1 Å². The van der Waals surface area contributed by atoms with Crippen molar-refractivity contribution in [2.24, 2.45) is 0 Å². The summed E-state index contributed by atoms with van der Waals surface area (Å²) in [6.45, 7) is 1.81. The molecule has 1 atom stereocenters. The van der Waals surface area contributed by atoms with E-state index in [-0.39, 0.29) is 5.91 Å². The van der Waals surface area contributed by atoms with E-state index in [1.165, 1.54) is 0 Å². The molecule has 4 nitrogen and oxygen atoms in total. The van der Waals surface area contributed by atoms with Gasteiger partial charge in [0.1, 0.15) is 0 Å². The van der Waals surface area contributed by atoms with E-state index in [1.54, 1.807) is 6.20 Å². The molecule has 2 heterocycles. The first-order valence-corrected chi connectivity index (χ1v) is 6.65. The van der Waals surface area contributed by atoms with Gasteiger partial charge in [-0.05, 0) is 38.4 Å². The number of likely N-dealkylation sites (N-methyl/N-ethyl adjacent to an activating group) is 1. The van der Waals surface area contributed by atoms with Gasteiger partial charge in [-0.25, -0.2) is 0 Å². The standard InChI is InChI=1S/C14H21N3O/c1-15-11-13-6-4-10-17(13)14(18)8-7-12-5-2-3-9-16-12/h2-3,5,9,13,15H,4,6-8,10-11H2,1H3. The SMILES string of the molecule is CNCC1CCCN1C(=O)CCc1ccccn1. The number of hydrogen-bond donors (Lipinski definition) is 1. The van der Waals surface area contributed by atoms with Crippen LogP contribution in [-0.2, 0) is 11.2 Å². The fraction of sp³-hybridized carbons (Fsp3) is 0.571. The molecule has 0 saturated carbocycles. The Morgan fingerprint density at radius 1 is 1.56 bits per heavy atom. The summed E-state index contributed by atoms with van der Waals surface area (Å²) < 4.78 is 0. The molecule has 1 N–H and O–H groups in total. The lowest BCUT2D eigenvalue weighted by Crippen LogP contribution is -2.40. The van der Waals surface area contributed by atoms with E-state index in [2.05, 4.69) is 10.3 Å². The maximum Gasteiger partial charge on any atom is 0.223 e. The molecule has 1 aliphatic rings. The third-order valence-electron chi connectivity index (χ3n) is 3.46. The number of nitrogens with one attached hydrogen (secondary N) is 1. The van der Waals surface area contributed by atoms with Gasteiger partial charge in [-0.3, -0.25) is 9.78 Å². The molecule has 4 heteroatoms. The van der Waals surface area contributed by atoms with Crippen molar-refractivity contribution >= 4 is 5.91 Å². The van der Waals surface area contributed by atoms with Gasteiger partial charge in [0, 0.05) is 37.4 Å². The number of carbonyl (C=O) groups excluding carboxylic acids is 1. The molecule has 2 rings (SSSR count). The zero-order valence-electron chi connectivity index (χ0n) is 10.9. The van der Waals surface area contributed by atoms with Gasteiger partial charge in [0.2, 0.25) is 5.91 Å². The van der Waals surface area contributed by atoms with Crippen molar-refractivity contribution in [2.45, 2.75) is 31.7 Å². The summed E-state index contributed by atoms with van der Waals surface area (Å²) in [5.41, 5.74) is 0.996. The molecule has 98 valence electrons. The van der Waals surface area contributed by atoms with Crippen LogP contribution in [0.3, 0.4) is 0 Å². The number of rotatable bonds is 5. The molecule has 1 saturated heterocycles. The van der Waals surface area contributed by atoms with Crippen molar-refractivity contribution < 1.29 is 4.79 Å². The number of likely N-dealkylation sites (tertiary alicyclic amines) is 1. The number of hydrogen-bond acceptors (Lipinski definition) is 3. The van der Waals surface area contributed by atoms with Crippen molar-refractivity contribution in [3.63, 3.8) is 0 Å². The zero-order chi connectivity index (χ0) is 12.8. The molecule has 1 amide bonds. The highest BCUT2D eigenvalue weighted by Gasteiger charge is 2.27. The molecule has 0 bridgehead atoms. The molecule has 0 spiro atoms. The highest BCUT2D eigenvalue weighted by atomic mass is 16.2. The van der Waals surface area contributed by atoms with Gasteiger partial charge in [0.05, 0.1) is 0 Å². The number of carbonyl (C=O) groups is 1. The molecule has 18 heavy (non-hydrogen) atoms. The monoisotopic (exact) mass is 247 g/mol. The topological polar surface area (TPSA) is 45.2 Å². The van der Waals surface area contributed by atoms with E-state index in [1.807, 2.05) is 30.1 Å². The predicted octanol–water partition coefficient (Wildman–Crippen LogP) is 1.22. The van der Waals surface area contributed by atoms with E-state index in [9.17, 15) is 4.79 Å². The summed E-state index contributed by atoms with van der Waals surface area (Å²) in [6.07, 6.45) is 5.33. The van der Waals surface area contributed by atoms with Crippen molar-refractivity contribution in [2.75, 3.05) is 20.1 Å². The van der Waals surface area contributed by atoms with Gasteiger partial charge in [-0.1, -0.05) is 6.07 Å². The summed E-state index contributed by atoms with van der Waals surface area (Å²) >= 11 is 0. The first-order chi connectivity index (χ1) is 8.81. The van der Waals surface area contributed by atoms with Crippen molar-refractivity contribution in [1.82, 2.24) is 15.2 Å². The van der Waals surface area contributed by atoms with Crippen LogP contribution in [0.4, 0.5) is 0 Å². The Bertz CT molecular complexity index is 380. The summed E-state index contributed by atoms with van der Waals surface area (Å²) in [5, 5.41) is 3.16. The van der Waals surface area contributed by atoms with Crippen LogP contribution >= 0.6 is 0 Å². The number of nitrogens with zero attached hydrogens (tertiary/aromatic N) is 2. The minimum absolute atomic E-state index is 0.262. The fourth-order valence-electron chi connectivity index (χ4n) is 2.54. The minimum atomic E-state index is 0.262. The van der Waals surface area contributed by atoms with Gasteiger partial charge in [-0.15, -0.1) is 0 Å². The molecule has 1 aliphatic heterocycles. The van der Waals surface area contributed by atoms with Gasteiger partial charge in [-0.2, -0.15) is 0 Å². The number of pyridine rings is 1. The average molecular weight is 247 g/mol. The van der Waals surface area contributed by atoms with E-state index < -0.39 is 0 Å². The Morgan fingerprint density at radius 3 is 3.17 bits per heavy atom. The highest BCUT2D eigenvalue weighted by molar-refractivity contribution is 5.77. The molecular formula is C14H21N3O. The van der Waals surface area contributed by atoms with Crippen LogP contribution in [0.2, 0.25) is 0 Å². The normalized spacial score (nSPS) is 19.2. The van der Waals surface area contributed by atoms with Crippen LogP contribution in [0.25, 0.3) is 0 Å². The second-order valence-electron chi connectivity index (χ2n) is 4.76. The molecule has 1 unspecified atom stereocenters. The highest BCUT2D eigenvalue weighted by Crippen LogP contribution is 2.18. The largest absolute Gasteiger partial charge is 0.338 e. The fourth-order valence-corrected chi connectivity index (χ4v) is 2.54. The lowest BCUT2D eigenvalue weighted by Gasteiger charge is -2.24. The van der Waals surface area contributed by atoms with E-state index in [0.29, 0.717) is 12.5 Å². The Labute approximate surface area is 108 Å². The van der Waals surface area contributed by atoms with Crippen molar-refractivity contribution in [3.8, 4) is 0 Å². The summed E-state index contributed by atoms with van der Waals surface area (Å²) in [5.74, 6) is 0.262. The lowest BCUT2D eigenvalue weighted by molar-refractivity contribution is -0.131. The van der Waals surface area contributed by atoms with Gasteiger partial charge >= 0.3 is 0 Å². The quantitative estimate of drug-likeness (QED) is 0.851. The first kappa shape index (κ1) is 13.0. The number of aromatic nitrogens is 1. The molecule has 0 aromatic carbocycles. The Morgan fingerprint density at radius 2 is 2.44 bits per heavy atom. The van der Waals surface area contributed by atoms with Gasteiger partial charge in [0.15, 0.2) is 0 Å². The average Bonchev–Trinajstić information content (AvgIpc) is 2.86. The first-order valence-electron chi connectivity index (χ1n) is 6.65.